The molecule has 1 heterocycles. The molecular formula is C14H21N3O3. The van der Waals surface area contributed by atoms with Crippen molar-refractivity contribution in [2.24, 2.45) is 11.8 Å². The van der Waals surface area contributed by atoms with E-state index < -0.39 is 11.9 Å². The summed E-state index contributed by atoms with van der Waals surface area (Å²) in [7, 11) is 0. The molecule has 0 aromatic carbocycles. The second-order valence-corrected chi connectivity index (χ2v) is 5.56. The van der Waals surface area contributed by atoms with Crippen molar-refractivity contribution in [2.45, 2.75) is 25.7 Å². The minimum Gasteiger partial charge on any atom is -0.481 e. The van der Waals surface area contributed by atoms with Crippen molar-refractivity contribution in [3.8, 4) is 6.07 Å². The molecule has 1 N–H and O–H groups in total. The zero-order valence-electron chi connectivity index (χ0n) is 11.6. The largest absolute Gasteiger partial charge is 0.481 e. The number of rotatable bonds is 4. The van der Waals surface area contributed by atoms with E-state index in [1.807, 2.05) is 0 Å². The number of carboxylic acids is 1. The van der Waals surface area contributed by atoms with Gasteiger partial charge in [-0.1, -0.05) is 6.42 Å². The fourth-order valence-corrected chi connectivity index (χ4v) is 3.19. The van der Waals surface area contributed by atoms with E-state index in [0.29, 0.717) is 32.4 Å². The fourth-order valence-electron chi connectivity index (χ4n) is 3.19. The second kappa shape index (κ2) is 6.71. The Hall–Kier alpha value is -1.61. The van der Waals surface area contributed by atoms with Crippen LogP contribution in [0.25, 0.3) is 0 Å². The van der Waals surface area contributed by atoms with Gasteiger partial charge in [0.25, 0.3) is 0 Å². The van der Waals surface area contributed by atoms with E-state index >= 15 is 0 Å². The van der Waals surface area contributed by atoms with Crippen LogP contribution in [0.2, 0.25) is 0 Å². The van der Waals surface area contributed by atoms with E-state index in [2.05, 4.69) is 11.0 Å². The van der Waals surface area contributed by atoms with Gasteiger partial charge in [0.15, 0.2) is 0 Å². The monoisotopic (exact) mass is 279 g/mol. The van der Waals surface area contributed by atoms with Gasteiger partial charge in [-0.3, -0.25) is 14.5 Å². The first-order chi connectivity index (χ1) is 9.63. The first kappa shape index (κ1) is 14.8. The zero-order valence-corrected chi connectivity index (χ0v) is 11.6. The summed E-state index contributed by atoms with van der Waals surface area (Å²) in [4.78, 5) is 27.6. The highest BCUT2D eigenvalue weighted by Crippen LogP contribution is 2.33. The molecule has 2 rings (SSSR count). The highest BCUT2D eigenvalue weighted by molar-refractivity contribution is 5.85. The number of carbonyl (C=O) groups excluding carboxylic acids is 1. The number of piperazine rings is 1. The number of carboxylic acid groups (broad SMARTS) is 1. The lowest BCUT2D eigenvalue weighted by Gasteiger charge is -2.36. The van der Waals surface area contributed by atoms with Crippen LogP contribution in [0.5, 0.6) is 0 Å². The molecule has 6 heteroatoms. The Balaban J connectivity index is 1.85. The Kier molecular flexibility index (Phi) is 4.96. The Bertz CT molecular complexity index is 410. The molecule has 2 aliphatic rings. The number of nitrogens with zero attached hydrogens (tertiary/aromatic N) is 3. The average Bonchev–Trinajstić information content (AvgIpc) is 2.94. The average molecular weight is 279 g/mol. The van der Waals surface area contributed by atoms with Crippen molar-refractivity contribution in [3.63, 3.8) is 0 Å². The molecule has 0 spiro atoms. The number of aliphatic carboxylic acids is 1. The smallest absolute Gasteiger partial charge is 0.307 e. The van der Waals surface area contributed by atoms with Crippen LogP contribution in [0, 0.1) is 23.2 Å². The van der Waals surface area contributed by atoms with Crippen LogP contribution < -0.4 is 0 Å². The zero-order chi connectivity index (χ0) is 14.5. The third-order valence-electron chi connectivity index (χ3n) is 4.37. The van der Waals surface area contributed by atoms with Crippen molar-refractivity contribution in [3.05, 3.63) is 0 Å². The summed E-state index contributed by atoms with van der Waals surface area (Å²) in [6, 6.07) is 2.12. The van der Waals surface area contributed by atoms with Gasteiger partial charge in [0.1, 0.15) is 0 Å². The minimum atomic E-state index is -0.839. The van der Waals surface area contributed by atoms with Gasteiger partial charge in [0.2, 0.25) is 5.91 Å². The standard InChI is InChI=1S/C14H21N3O3/c15-5-2-6-16-7-9-17(10-8-16)13(18)11-3-1-4-12(11)14(19)20/h11-12H,1-4,6-10H2,(H,19,20). The highest BCUT2D eigenvalue weighted by Gasteiger charge is 2.40. The molecule has 1 saturated heterocycles. The topological polar surface area (TPSA) is 84.6 Å². The van der Waals surface area contributed by atoms with E-state index in [1.54, 1.807) is 4.90 Å². The molecular weight excluding hydrogens is 258 g/mol. The van der Waals surface area contributed by atoms with Gasteiger partial charge in [-0.15, -0.1) is 0 Å². The van der Waals surface area contributed by atoms with E-state index in [4.69, 9.17) is 10.4 Å². The van der Waals surface area contributed by atoms with Crippen LogP contribution >= 0.6 is 0 Å². The number of amides is 1. The number of hydrogen-bond acceptors (Lipinski definition) is 4. The lowest BCUT2D eigenvalue weighted by Crippen LogP contribution is -2.51. The Morgan fingerprint density at radius 2 is 1.80 bits per heavy atom. The quantitative estimate of drug-likeness (QED) is 0.812. The van der Waals surface area contributed by atoms with Crippen molar-refractivity contribution >= 4 is 11.9 Å². The summed E-state index contributed by atoms with van der Waals surface area (Å²) >= 11 is 0. The third-order valence-corrected chi connectivity index (χ3v) is 4.37. The van der Waals surface area contributed by atoms with Gasteiger partial charge < -0.3 is 10.0 Å². The molecule has 6 nitrogen and oxygen atoms in total. The van der Waals surface area contributed by atoms with Crippen molar-refractivity contribution in [1.82, 2.24) is 9.80 Å². The van der Waals surface area contributed by atoms with Gasteiger partial charge in [-0.05, 0) is 12.8 Å². The molecule has 20 heavy (non-hydrogen) atoms. The van der Waals surface area contributed by atoms with Gasteiger partial charge in [-0.25, -0.2) is 0 Å². The summed E-state index contributed by atoms with van der Waals surface area (Å²) in [6.45, 7) is 3.59. The molecule has 1 saturated carbocycles. The van der Waals surface area contributed by atoms with E-state index in [0.717, 1.165) is 26.1 Å². The molecule has 2 fully saturated rings. The predicted molar refractivity (Wildman–Crippen MR) is 71.7 cm³/mol. The maximum Gasteiger partial charge on any atom is 0.307 e. The second-order valence-electron chi connectivity index (χ2n) is 5.56. The third kappa shape index (κ3) is 3.28. The lowest BCUT2D eigenvalue weighted by atomic mass is 9.94. The molecule has 0 aromatic rings. The number of hydrogen-bond donors (Lipinski definition) is 1. The van der Waals surface area contributed by atoms with Crippen molar-refractivity contribution < 1.29 is 14.7 Å². The van der Waals surface area contributed by atoms with Crippen molar-refractivity contribution in [1.29, 1.82) is 5.26 Å². The summed E-state index contributed by atoms with van der Waals surface area (Å²) in [5.74, 6) is -1.67. The molecule has 1 amide bonds. The summed E-state index contributed by atoms with van der Waals surface area (Å²) in [6.07, 6.45) is 2.66. The first-order valence-electron chi connectivity index (χ1n) is 7.24. The Labute approximate surface area is 119 Å². The van der Waals surface area contributed by atoms with Crippen LogP contribution in [0.15, 0.2) is 0 Å². The van der Waals surface area contributed by atoms with Crippen LogP contribution in [0.1, 0.15) is 25.7 Å². The van der Waals surface area contributed by atoms with E-state index in [-0.39, 0.29) is 11.8 Å². The van der Waals surface area contributed by atoms with Gasteiger partial charge >= 0.3 is 5.97 Å². The van der Waals surface area contributed by atoms with Gasteiger partial charge in [0, 0.05) is 39.1 Å². The van der Waals surface area contributed by atoms with Crippen molar-refractivity contribution in [2.75, 3.05) is 32.7 Å². The van der Waals surface area contributed by atoms with Crippen LogP contribution in [-0.2, 0) is 9.59 Å². The fraction of sp³-hybridized carbons (Fsp3) is 0.786. The van der Waals surface area contributed by atoms with Gasteiger partial charge in [-0.2, -0.15) is 5.26 Å². The lowest BCUT2D eigenvalue weighted by molar-refractivity contribution is -0.149. The van der Waals surface area contributed by atoms with E-state index in [1.165, 1.54) is 0 Å². The van der Waals surface area contributed by atoms with E-state index in [9.17, 15) is 9.59 Å². The summed E-state index contributed by atoms with van der Waals surface area (Å²) in [5, 5.41) is 17.7. The van der Waals surface area contributed by atoms with Crippen LogP contribution in [0.3, 0.4) is 0 Å². The SMILES string of the molecule is N#CCCN1CCN(C(=O)C2CCCC2C(=O)O)CC1. The molecule has 2 unspecified atom stereocenters. The van der Waals surface area contributed by atoms with Gasteiger partial charge in [0.05, 0.1) is 17.9 Å². The summed E-state index contributed by atoms with van der Waals surface area (Å²) in [5.41, 5.74) is 0. The number of nitriles is 1. The maximum atomic E-state index is 12.4. The summed E-state index contributed by atoms with van der Waals surface area (Å²) < 4.78 is 0. The highest BCUT2D eigenvalue weighted by atomic mass is 16.4. The molecule has 0 aromatic heterocycles. The first-order valence-corrected chi connectivity index (χ1v) is 7.24. The predicted octanol–water partition coefficient (Wildman–Crippen LogP) is 0.545. The Morgan fingerprint density at radius 1 is 1.15 bits per heavy atom. The molecule has 110 valence electrons. The molecule has 0 radical (unpaired) electrons. The normalized spacial score (nSPS) is 27.2. The molecule has 0 bridgehead atoms. The number of carbonyl (C=O) groups is 2. The molecule has 1 aliphatic heterocycles. The minimum absolute atomic E-state index is 0.00910. The Morgan fingerprint density at radius 3 is 2.40 bits per heavy atom. The molecule has 2 atom stereocenters. The molecule has 1 aliphatic carbocycles. The van der Waals surface area contributed by atoms with Crippen LogP contribution in [-0.4, -0.2) is 59.5 Å². The van der Waals surface area contributed by atoms with Crippen LogP contribution in [0.4, 0.5) is 0 Å². The maximum absolute atomic E-state index is 12.4.